The number of hydrogen-bond donors (Lipinski definition) is 0. The zero-order valence-corrected chi connectivity index (χ0v) is 24.9. The Hall–Kier alpha value is -4.51. The van der Waals surface area contributed by atoms with E-state index in [0.717, 1.165) is 11.3 Å². The van der Waals surface area contributed by atoms with Gasteiger partial charge in [0.1, 0.15) is 17.4 Å². The van der Waals surface area contributed by atoms with Gasteiger partial charge in [0.25, 0.3) is 11.5 Å². The Balaban J connectivity index is 1.72. The van der Waals surface area contributed by atoms with Crippen LogP contribution in [-0.4, -0.2) is 73.8 Å². The Morgan fingerprint density at radius 3 is 2.60 bits per heavy atom. The summed E-state index contributed by atoms with van der Waals surface area (Å²) in [7, 11) is 3.41. The van der Waals surface area contributed by atoms with Gasteiger partial charge in [-0.25, -0.2) is 4.98 Å². The van der Waals surface area contributed by atoms with Crippen molar-refractivity contribution in [3.05, 3.63) is 70.0 Å². The van der Waals surface area contributed by atoms with Crippen LogP contribution in [0.4, 0.5) is 11.4 Å². The first kappa shape index (κ1) is 27.6. The van der Waals surface area contributed by atoms with Crippen molar-refractivity contribution < 1.29 is 9.59 Å². The number of carbonyl (C=O) groups excluding carboxylic acids is 2. The summed E-state index contributed by atoms with van der Waals surface area (Å²) in [5, 5.41) is 5.28. The summed E-state index contributed by atoms with van der Waals surface area (Å²) in [4.78, 5) is 55.5. The number of amides is 2. The molecule has 4 aromatic heterocycles. The fraction of sp³-hybridized carbons (Fsp3) is 0.333. The first-order chi connectivity index (χ1) is 20.0. The van der Waals surface area contributed by atoms with Crippen LogP contribution in [0.1, 0.15) is 31.0 Å². The number of nitrogens with zero attached hydrogens (tertiary/aromatic N) is 8. The van der Waals surface area contributed by atoms with Gasteiger partial charge in [-0.2, -0.15) is 5.10 Å². The summed E-state index contributed by atoms with van der Waals surface area (Å²) in [6.45, 7) is 10.5. The summed E-state index contributed by atoms with van der Waals surface area (Å²) in [5.74, 6) is -0.512. The zero-order chi connectivity index (χ0) is 30.0. The molecule has 42 heavy (non-hydrogen) atoms. The Labute approximate surface area is 247 Å². The number of pyridine rings is 3. The number of rotatable bonds is 4. The molecule has 216 valence electrons. The fourth-order valence-corrected chi connectivity index (χ4v) is 6.27. The third-order valence-electron chi connectivity index (χ3n) is 8.06. The molecule has 0 bridgehead atoms. The van der Waals surface area contributed by atoms with E-state index in [1.165, 1.54) is 11.0 Å². The van der Waals surface area contributed by atoms with Crippen molar-refractivity contribution in [2.75, 3.05) is 36.5 Å². The summed E-state index contributed by atoms with van der Waals surface area (Å²) in [6, 6.07) is 2.99. The van der Waals surface area contributed by atoms with E-state index in [1.54, 1.807) is 33.6 Å². The fourth-order valence-electron chi connectivity index (χ4n) is 6.01. The lowest BCUT2D eigenvalue weighted by Crippen LogP contribution is -2.63. The van der Waals surface area contributed by atoms with Gasteiger partial charge in [0.05, 0.1) is 40.5 Å². The summed E-state index contributed by atoms with van der Waals surface area (Å²) in [6.07, 6.45) is 6.47. The lowest BCUT2D eigenvalue weighted by molar-refractivity contribution is -0.128. The van der Waals surface area contributed by atoms with Crippen LogP contribution >= 0.6 is 11.6 Å². The monoisotopic (exact) mass is 586 g/mol. The number of piperazine rings is 1. The van der Waals surface area contributed by atoms with E-state index < -0.39 is 6.04 Å². The zero-order valence-electron chi connectivity index (χ0n) is 24.1. The van der Waals surface area contributed by atoms with E-state index in [9.17, 15) is 14.4 Å². The lowest BCUT2D eigenvalue weighted by Gasteiger charge is -2.47. The van der Waals surface area contributed by atoms with Crippen LogP contribution in [0.5, 0.6) is 0 Å². The molecule has 0 spiro atoms. The van der Waals surface area contributed by atoms with Crippen molar-refractivity contribution >= 4 is 45.8 Å². The van der Waals surface area contributed by atoms with Crippen molar-refractivity contribution in [2.45, 2.75) is 32.7 Å². The lowest BCUT2D eigenvalue weighted by atomic mass is 10.00. The SMILES string of the molecule is C=CC(=O)N1CCN2c3c(c(=O)n(-c4c(C)ccnc4C(C)C)c4nc(-c5cnn(C)c5)c(Cl)cc34)N(C)C(=O)[C@H]2C1. The second-order valence-corrected chi connectivity index (χ2v) is 11.4. The van der Waals surface area contributed by atoms with Crippen molar-refractivity contribution in [3.63, 3.8) is 0 Å². The quantitative estimate of drug-likeness (QED) is 0.337. The molecule has 11 nitrogen and oxygen atoms in total. The van der Waals surface area contributed by atoms with Crippen molar-refractivity contribution in [1.29, 1.82) is 0 Å². The highest BCUT2D eigenvalue weighted by atomic mass is 35.5. The Kier molecular flexibility index (Phi) is 6.64. The van der Waals surface area contributed by atoms with Gasteiger partial charge in [-0.1, -0.05) is 32.0 Å². The van der Waals surface area contributed by atoms with Crippen LogP contribution in [0.25, 0.3) is 28.0 Å². The standard InChI is InChI=1S/C30H31ClN8O3/c1-7-22(40)37-10-11-38-21(15-37)29(41)36(6)27-26(38)19-12-20(31)24(18-13-33-35(5)14-18)34-28(19)39(30(27)42)25-17(4)8-9-32-23(25)16(2)3/h7-9,12-14,16,21H,1,10-11,15H2,2-6H3/t21-/m1/s1. The van der Waals surface area contributed by atoms with Crippen LogP contribution in [0.3, 0.4) is 0 Å². The highest BCUT2D eigenvalue weighted by Gasteiger charge is 2.44. The molecular formula is C30H31ClN8O3. The number of hydrogen-bond acceptors (Lipinski definition) is 7. The number of aromatic nitrogens is 5. The van der Waals surface area contributed by atoms with E-state index in [4.69, 9.17) is 16.6 Å². The third kappa shape index (κ3) is 4.10. The van der Waals surface area contributed by atoms with Gasteiger partial charge in [0.15, 0.2) is 0 Å². The molecule has 0 radical (unpaired) electrons. The smallest absolute Gasteiger partial charge is 0.283 e. The predicted molar refractivity (Wildman–Crippen MR) is 162 cm³/mol. The maximum Gasteiger partial charge on any atom is 0.283 e. The highest BCUT2D eigenvalue weighted by Crippen LogP contribution is 2.43. The molecular weight excluding hydrogens is 556 g/mol. The van der Waals surface area contributed by atoms with Gasteiger partial charge in [0.2, 0.25) is 5.91 Å². The molecule has 1 fully saturated rings. The van der Waals surface area contributed by atoms with E-state index in [2.05, 4.69) is 16.7 Å². The van der Waals surface area contributed by atoms with Crippen LogP contribution in [-0.2, 0) is 16.6 Å². The number of anilines is 2. The molecule has 0 saturated carbocycles. The molecule has 2 aliphatic rings. The molecule has 6 heterocycles. The second-order valence-electron chi connectivity index (χ2n) is 11.0. The maximum absolute atomic E-state index is 14.7. The molecule has 1 saturated heterocycles. The number of aryl methyl sites for hydroxylation is 2. The van der Waals surface area contributed by atoms with Crippen molar-refractivity contribution in [2.24, 2.45) is 7.05 Å². The van der Waals surface area contributed by atoms with E-state index in [0.29, 0.717) is 51.8 Å². The summed E-state index contributed by atoms with van der Waals surface area (Å²) < 4.78 is 3.23. The average Bonchev–Trinajstić information content (AvgIpc) is 3.40. The molecule has 6 rings (SSSR count). The minimum absolute atomic E-state index is 0.00203. The Bertz CT molecular complexity index is 1860. The Morgan fingerprint density at radius 1 is 1.17 bits per heavy atom. The Morgan fingerprint density at radius 2 is 1.93 bits per heavy atom. The maximum atomic E-state index is 14.7. The second kappa shape index (κ2) is 10.1. The minimum atomic E-state index is -0.679. The molecule has 4 aromatic rings. The number of fused-ring (bicyclic) bond motifs is 5. The molecule has 2 aliphatic heterocycles. The molecule has 12 heteroatoms. The topological polar surface area (TPSA) is 109 Å². The van der Waals surface area contributed by atoms with Gasteiger partial charge in [0, 0.05) is 50.5 Å². The van der Waals surface area contributed by atoms with Crippen LogP contribution in [0, 0.1) is 6.92 Å². The van der Waals surface area contributed by atoms with Crippen LogP contribution in [0.2, 0.25) is 5.02 Å². The highest BCUT2D eigenvalue weighted by molar-refractivity contribution is 6.34. The van der Waals surface area contributed by atoms with Gasteiger partial charge in [-0.3, -0.25) is 28.6 Å². The summed E-state index contributed by atoms with van der Waals surface area (Å²) >= 11 is 6.90. The molecule has 1 atom stereocenters. The molecule has 2 amide bonds. The average molecular weight is 587 g/mol. The van der Waals surface area contributed by atoms with Crippen molar-refractivity contribution in [3.8, 4) is 16.9 Å². The van der Waals surface area contributed by atoms with Crippen molar-refractivity contribution in [1.82, 2.24) is 29.2 Å². The van der Waals surface area contributed by atoms with E-state index >= 15 is 0 Å². The van der Waals surface area contributed by atoms with E-state index in [-0.39, 0.29) is 35.5 Å². The molecule has 0 aliphatic carbocycles. The normalized spacial score (nSPS) is 16.7. The first-order valence-electron chi connectivity index (χ1n) is 13.7. The number of likely N-dealkylation sites (N-methyl/N-ethyl adjacent to an activating group) is 1. The van der Waals surface area contributed by atoms with Gasteiger partial charge in [-0.05, 0) is 36.6 Å². The first-order valence-corrected chi connectivity index (χ1v) is 14.1. The molecule has 0 unspecified atom stereocenters. The molecule has 0 aromatic carbocycles. The van der Waals surface area contributed by atoms with Crippen LogP contribution < -0.4 is 15.4 Å². The third-order valence-corrected chi connectivity index (χ3v) is 8.35. The minimum Gasteiger partial charge on any atom is -0.354 e. The molecule has 0 N–H and O–H groups in total. The van der Waals surface area contributed by atoms with Gasteiger partial charge in [-0.15, -0.1) is 0 Å². The van der Waals surface area contributed by atoms with Gasteiger partial charge < -0.3 is 14.7 Å². The van der Waals surface area contributed by atoms with Gasteiger partial charge >= 0.3 is 0 Å². The van der Waals surface area contributed by atoms with Crippen LogP contribution in [0.15, 0.2) is 48.2 Å². The van der Waals surface area contributed by atoms with E-state index in [1.807, 2.05) is 51.0 Å². The largest absolute Gasteiger partial charge is 0.354 e. The summed E-state index contributed by atoms with van der Waals surface area (Å²) in [5.41, 5.74) is 4.20. The number of halogens is 1. The number of carbonyl (C=O) groups is 2. The predicted octanol–water partition coefficient (Wildman–Crippen LogP) is 3.45.